The third kappa shape index (κ3) is 4.81. The molecule has 5 nitrogen and oxygen atoms in total. The van der Waals surface area contributed by atoms with Gasteiger partial charge in [0, 0.05) is 17.8 Å². The number of anilines is 1. The lowest BCUT2D eigenvalue weighted by atomic mass is 9.99. The van der Waals surface area contributed by atoms with Crippen LogP contribution in [-0.2, 0) is 11.3 Å². The summed E-state index contributed by atoms with van der Waals surface area (Å²) in [6.45, 7) is 7.19. The molecule has 0 fully saturated rings. The Morgan fingerprint density at radius 1 is 1.07 bits per heavy atom. The van der Waals surface area contributed by atoms with Gasteiger partial charge in [0.25, 0.3) is 0 Å². The second kappa shape index (κ2) is 9.55. The minimum atomic E-state index is -0.0480. The van der Waals surface area contributed by atoms with Crippen LogP contribution < -0.4 is 5.32 Å². The molecule has 0 spiro atoms. The number of rotatable bonds is 8. The summed E-state index contributed by atoms with van der Waals surface area (Å²) in [4.78, 5) is 12.3. The molecule has 1 heterocycles. The van der Waals surface area contributed by atoms with Crippen molar-refractivity contribution in [3.8, 4) is 11.4 Å². The Kier molecular flexibility index (Phi) is 6.87. The third-order valence-corrected chi connectivity index (χ3v) is 5.74. The number of carbonyl (C=O) groups is 1. The van der Waals surface area contributed by atoms with E-state index in [0.717, 1.165) is 35.2 Å². The maximum absolute atomic E-state index is 12.3. The van der Waals surface area contributed by atoms with Gasteiger partial charge >= 0.3 is 0 Å². The van der Waals surface area contributed by atoms with Gasteiger partial charge in [0.2, 0.25) is 5.91 Å². The van der Waals surface area contributed by atoms with Crippen LogP contribution in [0, 0.1) is 0 Å². The lowest BCUT2D eigenvalue weighted by molar-refractivity contribution is -0.113. The van der Waals surface area contributed by atoms with Crippen molar-refractivity contribution >= 4 is 23.4 Å². The Morgan fingerprint density at radius 3 is 2.43 bits per heavy atom. The van der Waals surface area contributed by atoms with Crippen molar-refractivity contribution in [3.63, 3.8) is 0 Å². The van der Waals surface area contributed by atoms with Crippen molar-refractivity contribution < 1.29 is 4.79 Å². The molecule has 0 radical (unpaired) electrons. The number of hydrogen-bond acceptors (Lipinski definition) is 4. The van der Waals surface area contributed by atoms with Crippen LogP contribution in [0.3, 0.4) is 0 Å². The summed E-state index contributed by atoms with van der Waals surface area (Å²) < 4.78 is 2.04. The van der Waals surface area contributed by atoms with Crippen LogP contribution in [0.2, 0.25) is 0 Å². The van der Waals surface area contributed by atoms with Crippen LogP contribution in [0.1, 0.15) is 38.7 Å². The van der Waals surface area contributed by atoms with E-state index in [1.165, 1.54) is 17.3 Å². The van der Waals surface area contributed by atoms with Gasteiger partial charge < -0.3 is 9.88 Å². The van der Waals surface area contributed by atoms with E-state index < -0.39 is 0 Å². The van der Waals surface area contributed by atoms with E-state index in [4.69, 9.17) is 0 Å². The number of amides is 1. The molecule has 0 aliphatic heterocycles. The molecule has 28 heavy (non-hydrogen) atoms. The molecule has 0 aliphatic carbocycles. The highest BCUT2D eigenvalue weighted by Crippen LogP contribution is 2.24. The number of carbonyl (C=O) groups excluding carboxylic acids is 1. The van der Waals surface area contributed by atoms with Crippen LogP contribution >= 0.6 is 11.8 Å². The summed E-state index contributed by atoms with van der Waals surface area (Å²) in [6, 6.07) is 18.1. The van der Waals surface area contributed by atoms with Crippen LogP contribution in [-0.4, -0.2) is 26.4 Å². The first kappa shape index (κ1) is 20.1. The van der Waals surface area contributed by atoms with Gasteiger partial charge in [-0.25, -0.2) is 0 Å². The average Bonchev–Trinajstić information content (AvgIpc) is 3.16. The fraction of sp³-hybridized carbons (Fsp3) is 0.318. The summed E-state index contributed by atoms with van der Waals surface area (Å²) in [5.41, 5.74) is 3.13. The fourth-order valence-corrected chi connectivity index (χ4v) is 3.74. The molecular weight excluding hydrogens is 368 g/mol. The first-order valence-corrected chi connectivity index (χ1v) is 10.6. The zero-order valence-corrected chi connectivity index (χ0v) is 17.4. The maximum Gasteiger partial charge on any atom is 0.234 e. The van der Waals surface area contributed by atoms with Crippen molar-refractivity contribution in [2.75, 3.05) is 11.1 Å². The van der Waals surface area contributed by atoms with E-state index in [0.29, 0.717) is 11.7 Å². The number of nitrogens with zero attached hydrogens (tertiary/aromatic N) is 3. The normalized spacial score (nSPS) is 12.0. The van der Waals surface area contributed by atoms with Gasteiger partial charge in [-0.3, -0.25) is 4.79 Å². The molecule has 0 bridgehead atoms. The van der Waals surface area contributed by atoms with E-state index >= 15 is 0 Å². The molecule has 1 amide bonds. The topological polar surface area (TPSA) is 59.8 Å². The van der Waals surface area contributed by atoms with Crippen molar-refractivity contribution in [1.82, 2.24) is 14.8 Å². The quantitative estimate of drug-likeness (QED) is 0.533. The number of benzene rings is 2. The Bertz CT molecular complexity index is 906. The Hall–Kier alpha value is -2.60. The molecule has 146 valence electrons. The first-order valence-electron chi connectivity index (χ1n) is 9.63. The van der Waals surface area contributed by atoms with Gasteiger partial charge in [0.1, 0.15) is 0 Å². The highest BCUT2D eigenvalue weighted by Gasteiger charge is 2.14. The number of aromatic nitrogens is 3. The van der Waals surface area contributed by atoms with Gasteiger partial charge in [0.15, 0.2) is 11.0 Å². The van der Waals surface area contributed by atoms with Gasteiger partial charge in [-0.15, -0.1) is 10.2 Å². The molecule has 0 aliphatic rings. The standard InChI is InChI=1S/C22H26N4OS/c1-4-16(3)17-11-13-19(14-12-17)23-20(27)15-28-22-25-24-21(26(22)5-2)18-9-7-6-8-10-18/h6-14,16H,4-5,15H2,1-3H3,(H,23,27). The summed E-state index contributed by atoms with van der Waals surface area (Å²) >= 11 is 1.40. The minimum Gasteiger partial charge on any atom is -0.325 e. The van der Waals surface area contributed by atoms with Gasteiger partial charge in [-0.1, -0.05) is 68.1 Å². The smallest absolute Gasteiger partial charge is 0.234 e. The van der Waals surface area contributed by atoms with Crippen LogP contribution in [0.4, 0.5) is 5.69 Å². The monoisotopic (exact) mass is 394 g/mol. The van der Waals surface area contributed by atoms with Crippen LogP contribution in [0.5, 0.6) is 0 Å². The SMILES string of the molecule is CCC(C)c1ccc(NC(=O)CSc2nnc(-c3ccccc3)n2CC)cc1. The predicted octanol–water partition coefficient (Wildman–Crippen LogP) is 5.21. The fourth-order valence-electron chi connectivity index (χ4n) is 2.94. The highest BCUT2D eigenvalue weighted by atomic mass is 32.2. The largest absolute Gasteiger partial charge is 0.325 e. The summed E-state index contributed by atoms with van der Waals surface area (Å²) in [6.07, 6.45) is 1.10. The third-order valence-electron chi connectivity index (χ3n) is 4.77. The van der Waals surface area contributed by atoms with Gasteiger partial charge in [-0.2, -0.15) is 0 Å². The predicted molar refractivity (Wildman–Crippen MR) is 116 cm³/mol. The number of hydrogen-bond donors (Lipinski definition) is 1. The van der Waals surface area contributed by atoms with E-state index in [9.17, 15) is 4.79 Å². The number of thioether (sulfide) groups is 1. The molecule has 3 rings (SSSR count). The van der Waals surface area contributed by atoms with Crippen LogP contribution in [0.25, 0.3) is 11.4 Å². The van der Waals surface area contributed by atoms with Crippen LogP contribution in [0.15, 0.2) is 59.8 Å². The first-order chi connectivity index (χ1) is 13.6. The average molecular weight is 395 g/mol. The minimum absolute atomic E-state index is 0.0480. The van der Waals surface area contributed by atoms with E-state index in [-0.39, 0.29) is 5.91 Å². The Balaban J connectivity index is 1.61. The van der Waals surface area contributed by atoms with Crippen molar-refractivity contribution in [3.05, 3.63) is 60.2 Å². The molecule has 1 N–H and O–H groups in total. The van der Waals surface area contributed by atoms with E-state index in [1.54, 1.807) is 0 Å². The van der Waals surface area contributed by atoms with Crippen molar-refractivity contribution in [2.45, 2.75) is 44.8 Å². The molecule has 3 aromatic rings. The second-order valence-electron chi connectivity index (χ2n) is 6.68. The Labute approximate surface area is 170 Å². The van der Waals surface area contributed by atoms with Crippen molar-refractivity contribution in [1.29, 1.82) is 0 Å². The van der Waals surface area contributed by atoms with Crippen molar-refractivity contribution in [2.24, 2.45) is 0 Å². The van der Waals surface area contributed by atoms with E-state index in [1.807, 2.05) is 47.0 Å². The maximum atomic E-state index is 12.3. The summed E-state index contributed by atoms with van der Waals surface area (Å²) in [7, 11) is 0. The molecule has 6 heteroatoms. The lowest BCUT2D eigenvalue weighted by Gasteiger charge is -2.10. The highest BCUT2D eigenvalue weighted by molar-refractivity contribution is 7.99. The molecule has 1 atom stereocenters. The molecule has 0 saturated carbocycles. The second-order valence-corrected chi connectivity index (χ2v) is 7.63. The van der Waals surface area contributed by atoms with Gasteiger partial charge in [-0.05, 0) is 37.0 Å². The molecular formula is C22H26N4OS. The molecule has 1 unspecified atom stereocenters. The van der Waals surface area contributed by atoms with Gasteiger partial charge in [0.05, 0.1) is 5.75 Å². The lowest BCUT2D eigenvalue weighted by Crippen LogP contribution is -2.14. The zero-order valence-electron chi connectivity index (χ0n) is 16.6. The Morgan fingerprint density at radius 2 is 1.79 bits per heavy atom. The molecule has 0 saturated heterocycles. The molecule has 2 aromatic carbocycles. The summed E-state index contributed by atoms with van der Waals surface area (Å²) in [5.74, 6) is 1.60. The summed E-state index contributed by atoms with van der Waals surface area (Å²) in [5, 5.41) is 12.3. The zero-order chi connectivity index (χ0) is 19.9. The molecule has 1 aromatic heterocycles. The number of nitrogens with one attached hydrogen (secondary N) is 1. The van der Waals surface area contributed by atoms with E-state index in [2.05, 4.69) is 48.4 Å².